The molecule has 0 saturated heterocycles. The van der Waals surface area contributed by atoms with E-state index in [-0.39, 0.29) is 19.7 Å². The van der Waals surface area contributed by atoms with Gasteiger partial charge in [-0.1, -0.05) is 0 Å². The van der Waals surface area contributed by atoms with E-state index in [1.807, 2.05) is 0 Å². The zero-order valence-electron chi connectivity index (χ0n) is 12.8. The molecular weight excluding hydrogens is 366 g/mol. The largest absolute Gasteiger partial charge is 0.411 e. The van der Waals surface area contributed by atoms with Crippen LogP contribution in [0.2, 0.25) is 0 Å². The summed E-state index contributed by atoms with van der Waals surface area (Å²) in [5, 5.41) is 17.8. The van der Waals surface area contributed by atoms with Crippen LogP contribution >= 0.6 is 0 Å². The first-order chi connectivity index (χ1) is 11.7. The molecule has 0 aliphatic carbocycles. The molecule has 1 atom stereocenters. The fourth-order valence-electron chi connectivity index (χ4n) is 1.57. The van der Waals surface area contributed by atoms with Crippen LogP contribution in [0.3, 0.4) is 0 Å². The molecule has 12 nitrogen and oxygen atoms in total. The Bertz CT molecular complexity index is 608. The molecule has 0 fully saturated rings. The second kappa shape index (κ2) is 9.54. The summed E-state index contributed by atoms with van der Waals surface area (Å²) in [7, 11) is -4.22. The van der Waals surface area contributed by atoms with Crippen LogP contribution < -0.4 is 21.3 Å². The third-order valence-electron chi connectivity index (χ3n) is 2.50. The number of halogens is 2. The number of hydrogen-bond donors (Lipinski definition) is 6. The van der Waals surface area contributed by atoms with Gasteiger partial charge in [-0.2, -0.15) is 27.5 Å². The van der Waals surface area contributed by atoms with Crippen LogP contribution in [0.25, 0.3) is 0 Å². The molecule has 6 N–H and O–H groups in total. The van der Waals surface area contributed by atoms with E-state index in [9.17, 15) is 17.2 Å². The topological polar surface area (TPSA) is 174 Å². The number of aliphatic imine (C=N–C) groups is 1. The number of hydrogen-bond acceptors (Lipinski definition) is 11. The molecule has 2 rings (SSSR count). The Morgan fingerprint density at radius 1 is 1.08 bits per heavy atom. The van der Waals surface area contributed by atoms with E-state index in [1.54, 1.807) is 5.32 Å². The average Bonchev–Trinajstić information content (AvgIpc) is 2.53. The highest BCUT2D eigenvalue weighted by Crippen LogP contribution is 2.15. The third-order valence-corrected chi connectivity index (χ3v) is 3.22. The van der Waals surface area contributed by atoms with E-state index in [0.717, 1.165) is 6.34 Å². The van der Waals surface area contributed by atoms with Crippen LogP contribution in [0.5, 0.6) is 0 Å². The Labute approximate surface area is 141 Å². The highest BCUT2D eigenvalue weighted by atomic mass is 32.2. The molecule has 0 aromatic carbocycles. The van der Waals surface area contributed by atoms with Gasteiger partial charge in [-0.05, 0) is 0 Å². The van der Waals surface area contributed by atoms with Crippen molar-refractivity contribution in [3.05, 3.63) is 19.0 Å². The van der Waals surface area contributed by atoms with Crippen molar-refractivity contribution >= 4 is 16.5 Å². The quantitative estimate of drug-likeness (QED) is 0.164. The summed E-state index contributed by atoms with van der Waals surface area (Å²) in [4.78, 5) is 13.5. The van der Waals surface area contributed by atoms with Crippen molar-refractivity contribution in [2.45, 2.75) is 12.1 Å². The van der Waals surface area contributed by atoms with Gasteiger partial charge in [0, 0.05) is 13.1 Å². The van der Waals surface area contributed by atoms with E-state index < -0.39 is 28.0 Å². The number of aromatic nitrogens is 3. The van der Waals surface area contributed by atoms with Crippen molar-refractivity contribution in [3.63, 3.8) is 0 Å². The zero-order chi connectivity index (χ0) is 18.8. The van der Waals surface area contributed by atoms with E-state index in [1.165, 1.54) is 19.0 Å². The Balaban J connectivity index is 0.000000435. The molecule has 0 spiro atoms. The molecule has 25 heavy (non-hydrogen) atoms. The molecule has 0 bridgehead atoms. The van der Waals surface area contributed by atoms with Gasteiger partial charge in [0.05, 0.1) is 18.7 Å². The van der Waals surface area contributed by atoms with Gasteiger partial charge in [-0.25, -0.2) is 15.0 Å². The van der Waals surface area contributed by atoms with Crippen LogP contribution in [0.4, 0.5) is 8.78 Å². The summed E-state index contributed by atoms with van der Waals surface area (Å²) in [6.45, 7) is -0.697. The van der Waals surface area contributed by atoms with Gasteiger partial charge >= 0.3 is 6.17 Å². The molecular formula is C10H18F2N8O4S. The van der Waals surface area contributed by atoms with Crippen molar-refractivity contribution in [2.24, 2.45) is 4.99 Å². The molecule has 15 heteroatoms. The predicted molar refractivity (Wildman–Crippen MR) is 81.8 cm³/mol. The lowest BCUT2D eigenvalue weighted by Crippen LogP contribution is -2.79. The van der Waals surface area contributed by atoms with Gasteiger partial charge in [0.1, 0.15) is 19.0 Å². The third kappa shape index (κ3) is 9.22. The fraction of sp³-hybridized carbons (Fsp3) is 0.600. The first kappa shape index (κ1) is 21.1. The second-order valence-electron chi connectivity index (χ2n) is 4.48. The molecule has 0 saturated carbocycles. The minimum absolute atomic E-state index is 0.0528. The minimum atomic E-state index is -4.22. The summed E-state index contributed by atoms with van der Waals surface area (Å²) < 4.78 is 55.9. The maximum atomic E-state index is 13.1. The van der Waals surface area contributed by atoms with E-state index in [4.69, 9.17) is 9.66 Å². The van der Waals surface area contributed by atoms with Crippen LogP contribution in [0, 0.1) is 0 Å². The first-order valence-corrected chi connectivity index (χ1v) is 8.38. The summed E-state index contributed by atoms with van der Waals surface area (Å²) in [5.41, 5.74) is 0. The number of nitrogens with one attached hydrogen (secondary N) is 4. The molecule has 1 aliphatic heterocycles. The summed E-state index contributed by atoms with van der Waals surface area (Å²) >= 11 is 0. The number of aliphatic hydroxyl groups excluding tert-OH is 1. The molecule has 1 aliphatic rings. The van der Waals surface area contributed by atoms with E-state index in [2.05, 4.69) is 35.9 Å². The molecule has 0 radical (unpaired) electrons. The fourth-order valence-corrected chi connectivity index (χ4v) is 1.93. The van der Waals surface area contributed by atoms with Gasteiger partial charge in [0.25, 0.3) is 10.1 Å². The Hall–Kier alpha value is -1.91. The van der Waals surface area contributed by atoms with Crippen LogP contribution in [0.1, 0.15) is 0 Å². The molecule has 142 valence electrons. The lowest BCUT2D eigenvalue weighted by atomic mass is 10.4. The Morgan fingerprint density at radius 2 is 1.64 bits per heavy atom. The maximum absolute atomic E-state index is 13.1. The van der Waals surface area contributed by atoms with E-state index in [0.29, 0.717) is 0 Å². The van der Waals surface area contributed by atoms with Crippen molar-refractivity contribution < 1.29 is 26.9 Å². The lowest BCUT2D eigenvalue weighted by molar-refractivity contribution is -0.0824. The maximum Gasteiger partial charge on any atom is 0.411 e. The van der Waals surface area contributed by atoms with E-state index >= 15 is 0 Å². The molecule has 1 aromatic rings. The monoisotopic (exact) mass is 384 g/mol. The standard InChI is InChI=1S/C7H15F2N5O4S.C3H3N3/c8-6(9)12-5-13-7(14-6,10-1-3-15)11-2-4-19(16,17)18;1-4-2-6-3-5-1/h5,10-11,14-15H,1-4H2,(H,12,13)(H,16,17,18);1-3H. The van der Waals surface area contributed by atoms with Crippen molar-refractivity contribution in [3.8, 4) is 0 Å². The molecule has 1 unspecified atom stereocenters. The van der Waals surface area contributed by atoms with Gasteiger partial charge in [0.2, 0.25) is 5.91 Å². The predicted octanol–water partition coefficient (Wildman–Crippen LogP) is -2.70. The normalized spacial score (nSPS) is 21.8. The second-order valence-corrected chi connectivity index (χ2v) is 6.05. The Morgan fingerprint density at radius 3 is 2.08 bits per heavy atom. The number of aliphatic hydroxyl groups is 1. The average molecular weight is 384 g/mol. The highest BCUT2D eigenvalue weighted by molar-refractivity contribution is 7.85. The van der Waals surface area contributed by atoms with Crippen molar-refractivity contribution in [1.82, 2.24) is 36.2 Å². The van der Waals surface area contributed by atoms with Crippen molar-refractivity contribution in [1.29, 1.82) is 0 Å². The molecule has 2 heterocycles. The number of alkyl halides is 2. The SMILES string of the molecule is O=S(=O)(O)CCNC1(NCCO)NC=NC(F)(F)N1.c1ncncn1. The van der Waals surface area contributed by atoms with Gasteiger partial charge < -0.3 is 10.4 Å². The molecule has 1 aromatic heterocycles. The van der Waals surface area contributed by atoms with Gasteiger partial charge in [-0.15, -0.1) is 0 Å². The lowest BCUT2D eigenvalue weighted by Gasteiger charge is -2.40. The summed E-state index contributed by atoms with van der Waals surface area (Å²) in [5.74, 6) is -2.42. The minimum Gasteiger partial charge on any atom is -0.395 e. The first-order valence-electron chi connectivity index (χ1n) is 6.78. The smallest absolute Gasteiger partial charge is 0.395 e. The van der Waals surface area contributed by atoms with Crippen LogP contribution in [0.15, 0.2) is 24.0 Å². The summed E-state index contributed by atoms with van der Waals surface area (Å²) in [6.07, 6.45) is 1.48. The number of nitrogens with zero attached hydrogens (tertiary/aromatic N) is 4. The zero-order valence-corrected chi connectivity index (χ0v) is 13.6. The molecule has 0 amide bonds. The van der Waals surface area contributed by atoms with Crippen molar-refractivity contribution in [2.75, 3.05) is 25.4 Å². The van der Waals surface area contributed by atoms with Crippen LogP contribution in [-0.2, 0) is 10.1 Å². The number of rotatable bonds is 7. The van der Waals surface area contributed by atoms with Gasteiger partial charge in [0.15, 0.2) is 0 Å². The van der Waals surface area contributed by atoms with Crippen LogP contribution in [-0.4, -0.2) is 76.9 Å². The Kier molecular flexibility index (Phi) is 8.07. The van der Waals surface area contributed by atoms with Gasteiger partial charge in [-0.3, -0.25) is 15.2 Å². The highest BCUT2D eigenvalue weighted by Gasteiger charge is 2.43. The summed E-state index contributed by atoms with van der Waals surface area (Å²) in [6, 6.07) is 0.